The second-order valence-corrected chi connectivity index (χ2v) is 8.70. The number of hydrogen-bond acceptors (Lipinski definition) is 5. The summed E-state index contributed by atoms with van der Waals surface area (Å²) in [4.78, 5) is 12.4. The molecule has 2 saturated heterocycles. The van der Waals surface area contributed by atoms with Crippen LogP contribution in [0.2, 0.25) is 0 Å². The van der Waals surface area contributed by atoms with E-state index < -0.39 is 0 Å². The van der Waals surface area contributed by atoms with Crippen molar-refractivity contribution in [1.82, 2.24) is 25.3 Å². The molecule has 1 unspecified atom stereocenters. The maximum atomic E-state index is 5.48. The molecule has 27 heavy (non-hydrogen) atoms. The lowest BCUT2D eigenvalue weighted by atomic mass is 10.0. The Morgan fingerprint density at radius 3 is 2.37 bits per heavy atom. The number of rotatable bonds is 8. The fourth-order valence-corrected chi connectivity index (χ4v) is 3.69. The first-order valence-electron chi connectivity index (χ1n) is 10.7. The van der Waals surface area contributed by atoms with Crippen LogP contribution in [0.25, 0.3) is 0 Å². The lowest BCUT2D eigenvalue weighted by Crippen LogP contribution is -2.52. The van der Waals surface area contributed by atoms with Crippen molar-refractivity contribution >= 4 is 5.96 Å². The Morgan fingerprint density at radius 1 is 1.07 bits per heavy atom. The molecule has 7 heteroatoms. The van der Waals surface area contributed by atoms with Crippen molar-refractivity contribution in [2.75, 3.05) is 85.7 Å². The van der Waals surface area contributed by atoms with Gasteiger partial charge < -0.3 is 25.2 Å². The zero-order chi connectivity index (χ0) is 19.7. The largest absolute Gasteiger partial charge is 0.379 e. The fraction of sp³-hybridized carbons (Fsp3) is 0.950. The molecule has 0 amide bonds. The van der Waals surface area contributed by atoms with E-state index in [0.29, 0.717) is 5.92 Å². The second-order valence-electron chi connectivity index (χ2n) is 8.70. The third-order valence-electron chi connectivity index (χ3n) is 5.62. The molecule has 0 bridgehead atoms. The summed E-state index contributed by atoms with van der Waals surface area (Å²) in [5.74, 6) is 1.54. The first kappa shape index (κ1) is 22.4. The van der Waals surface area contributed by atoms with Crippen molar-refractivity contribution in [1.29, 1.82) is 0 Å². The lowest BCUT2D eigenvalue weighted by molar-refractivity contribution is -0.00684. The quantitative estimate of drug-likeness (QED) is 0.472. The van der Waals surface area contributed by atoms with E-state index in [9.17, 15) is 0 Å². The van der Waals surface area contributed by atoms with Gasteiger partial charge in [-0.05, 0) is 33.7 Å². The van der Waals surface area contributed by atoms with E-state index >= 15 is 0 Å². The summed E-state index contributed by atoms with van der Waals surface area (Å²) in [6.45, 7) is 21.2. The predicted octanol–water partition coefficient (Wildman–Crippen LogP) is 0.536. The standard InChI is InChI=1S/C20H42N6O/c1-6-21-19(23-17-20(3,4)26-11-13-27-14-12-26)22-15-18(2)16-25-9-7-24(5)8-10-25/h18H,6-17H2,1-5H3,(H2,21,22,23). The van der Waals surface area contributed by atoms with Crippen LogP contribution in [0.15, 0.2) is 4.99 Å². The molecule has 0 aromatic carbocycles. The normalized spacial score (nSPS) is 22.6. The second kappa shape index (κ2) is 11.2. The number of hydrogen-bond donors (Lipinski definition) is 2. The zero-order valence-corrected chi connectivity index (χ0v) is 18.3. The van der Waals surface area contributed by atoms with Gasteiger partial charge in [-0.3, -0.25) is 9.89 Å². The topological polar surface area (TPSA) is 55.4 Å². The van der Waals surface area contributed by atoms with E-state index in [1.54, 1.807) is 0 Å². The number of nitrogens with one attached hydrogen (secondary N) is 2. The maximum Gasteiger partial charge on any atom is 0.191 e. The summed E-state index contributed by atoms with van der Waals surface area (Å²) in [5, 5.41) is 6.95. The Balaban J connectivity index is 1.78. The number of ether oxygens (including phenoxy) is 1. The van der Waals surface area contributed by atoms with E-state index in [4.69, 9.17) is 9.73 Å². The van der Waals surface area contributed by atoms with Crippen LogP contribution >= 0.6 is 0 Å². The third kappa shape index (κ3) is 7.94. The molecule has 2 fully saturated rings. The monoisotopic (exact) mass is 382 g/mol. The minimum Gasteiger partial charge on any atom is -0.379 e. The number of aliphatic imine (C=N–C) groups is 1. The van der Waals surface area contributed by atoms with Gasteiger partial charge in [0, 0.05) is 64.4 Å². The van der Waals surface area contributed by atoms with Gasteiger partial charge in [0.2, 0.25) is 0 Å². The summed E-state index contributed by atoms with van der Waals surface area (Å²) in [6, 6.07) is 0. The van der Waals surface area contributed by atoms with Crippen LogP contribution < -0.4 is 10.6 Å². The van der Waals surface area contributed by atoms with E-state index in [1.165, 1.54) is 26.2 Å². The molecule has 0 aliphatic carbocycles. The summed E-state index contributed by atoms with van der Waals surface area (Å²) < 4.78 is 5.48. The zero-order valence-electron chi connectivity index (χ0n) is 18.3. The number of guanidine groups is 1. The molecule has 0 aromatic heterocycles. The summed E-state index contributed by atoms with van der Waals surface area (Å²) in [7, 11) is 2.21. The molecule has 2 aliphatic rings. The lowest BCUT2D eigenvalue weighted by Gasteiger charge is -2.40. The van der Waals surface area contributed by atoms with Crippen molar-refractivity contribution in [3.05, 3.63) is 0 Å². The maximum absolute atomic E-state index is 5.48. The first-order valence-corrected chi connectivity index (χ1v) is 10.7. The number of nitrogens with zero attached hydrogens (tertiary/aromatic N) is 4. The molecule has 0 saturated carbocycles. The van der Waals surface area contributed by atoms with Crippen LogP contribution in [0.4, 0.5) is 0 Å². The molecular formula is C20H42N6O. The summed E-state index contributed by atoms with van der Waals surface area (Å²) >= 11 is 0. The number of piperazine rings is 1. The molecule has 0 aromatic rings. The van der Waals surface area contributed by atoms with Crippen LogP contribution in [0.3, 0.4) is 0 Å². The van der Waals surface area contributed by atoms with E-state index in [0.717, 1.165) is 58.4 Å². The molecule has 7 nitrogen and oxygen atoms in total. The predicted molar refractivity (Wildman–Crippen MR) is 114 cm³/mol. The van der Waals surface area contributed by atoms with Gasteiger partial charge in [-0.15, -0.1) is 0 Å². The SMILES string of the molecule is CCNC(=NCC(C)(C)N1CCOCC1)NCC(C)CN1CCN(C)CC1. The van der Waals surface area contributed by atoms with Crippen molar-refractivity contribution in [2.24, 2.45) is 10.9 Å². The van der Waals surface area contributed by atoms with Crippen molar-refractivity contribution < 1.29 is 4.74 Å². The van der Waals surface area contributed by atoms with Crippen LogP contribution in [-0.4, -0.2) is 112 Å². The average Bonchev–Trinajstić information content (AvgIpc) is 2.66. The Kier molecular flexibility index (Phi) is 9.29. The highest BCUT2D eigenvalue weighted by molar-refractivity contribution is 5.79. The molecular weight excluding hydrogens is 340 g/mol. The molecule has 1 atom stereocenters. The number of likely N-dealkylation sites (N-methyl/N-ethyl adjacent to an activating group) is 1. The Hall–Kier alpha value is -0.890. The third-order valence-corrected chi connectivity index (χ3v) is 5.62. The summed E-state index contributed by atoms with van der Waals surface area (Å²) in [6.07, 6.45) is 0. The van der Waals surface area contributed by atoms with Gasteiger partial charge in [0.05, 0.1) is 19.8 Å². The van der Waals surface area contributed by atoms with Gasteiger partial charge in [0.1, 0.15) is 0 Å². The van der Waals surface area contributed by atoms with Gasteiger partial charge in [-0.25, -0.2) is 0 Å². The molecule has 2 rings (SSSR count). The molecule has 0 radical (unpaired) electrons. The molecule has 2 N–H and O–H groups in total. The highest BCUT2D eigenvalue weighted by atomic mass is 16.5. The fourth-order valence-electron chi connectivity index (χ4n) is 3.69. The molecule has 2 heterocycles. The van der Waals surface area contributed by atoms with Gasteiger partial charge in [0.25, 0.3) is 0 Å². The average molecular weight is 383 g/mol. The van der Waals surface area contributed by atoms with E-state index in [1.807, 2.05) is 0 Å². The first-order chi connectivity index (χ1) is 12.9. The summed E-state index contributed by atoms with van der Waals surface area (Å²) in [5.41, 5.74) is 0.0531. The van der Waals surface area contributed by atoms with Crippen LogP contribution in [0, 0.1) is 5.92 Å². The van der Waals surface area contributed by atoms with Gasteiger partial charge in [-0.2, -0.15) is 0 Å². The van der Waals surface area contributed by atoms with Gasteiger partial charge in [-0.1, -0.05) is 6.92 Å². The molecule has 0 spiro atoms. The van der Waals surface area contributed by atoms with Crippen molar-refractivity contribution in [3.8, 4) is 0 Å². The van der Waals surface area contributed by atoms with E-state index in [-0.39, 0.29) is 5.54 Å². The molecule has 158 valence electrons. The smallest absolute Gasteiger partial charge is 0.191 e. The van der Waals surface area contributed by atoms with Gasteiger partial charge >= 0.3 is 0 Å². The Labute approximate surface area is 166 Å². The van der Waals surface area contributed by atoms with Crippen LogP contribution in [0.5, 0.6) is 0 Å². The van der Waals surface area contributed by atoms with Crippen molar-refractivity contribution in [2.45, 2.75) is 33.2 Å². The minimum absolute atomic E-state index is 0.0531. The van der Waals surface area contributed by atoms with Gasteiger partial charge in [0.15, 0.2) is 5.96 Å². The van der Waals surface area contributed by atoms with Crippen LogP contribution in [0.1, 0.15) is 27.7 Å². The molecule has 2 aliphatic heterocycles. The Bertz CT molecular complexity index is 442. The van der Waals surface area contributed by atoms with Crippen molar-refractivity contribution in [3.63, 3.8) is 0 Å². The highest BCUT2D eigenvalue weighted by Crippen LogP contribution is 2.16. The highest BCUT2D eigenvalue weighted by Gasteiger charge is 2.28. The Morgan fingerprint density at radius 2 is 1.74 bits per heavy atom. The minimum atomic E-state index is 0.0531. The van der Waals surface area contributed by atoms with E-state index in [2.05, 4.69) is 60.1 Å². The van der Waals surface area contributed by atoms with Crippen LogP contribution in [-0.2, 0) is 4.74 Å². The number of morpholine rings is 1.